The largest absolute Gasteiger partial charge is 0.346 e. The van der Waals surface area contributed by atoms with E-state index in [0.717, 1.165) is 21.8 Å². The second kappa shape index (κ2) is 6.78. The molecule has 0 spiro atoms. The maximum atomic E-state index is 8.92. The van der Waals surface area contributed by atoms with E-state index in [1.807, 2.05) is 6.07 Å². The molecule has 26 heavy (non-hydrogen) atoms. The monoisotopic (exact) mass is 357 g/mol. The normalized spacial score (nSPS) is 11.0. The summed E-state index contributed by atoms with van der Waals surface area (Å²) in [4.78, 5) is 4.93. The van der Waals surface area contributed by atoms with Crippen LogP contribution in [0.5, 0.6) is 0 Å². The van der Waals surface area contributed by atoms with Crippen LogP contribution in [0.2, 0.25) is 0 Å². The van der Waals surface area contributed by atoms with Gasteiger partial charge in [0.25, 0.3) is 0 Å². The van der Waals surface area contributed by atoms with Gasteiger partial charge in [-0.15, -0.1) is 11.3 Å². The van der Waals surface area contributed by atoms with Gasteiger partial charge in [0.2, 0.25) is 0 Å². The molecule has 0 aliphatic carbocycles. The van der Waals surface area contributed by atoms with E-state index in [1.165, 1.54) is 22.1 Å². The fraction of sp³-hybridized carbons (Fsp3) is 0.182. The lowest BCUT2D eigenvalue weighted by Gasteiger charge is -2.03. The summed E-state index contributed by atoms with van der Waals surface area (Å²) in [6.45, 7) is 4.95. The van der Waals surface area contributed by atoms with Gasteiger partial charge in [0.05, 0.1) is 18.2 Å². The molecule has 0 amide bonds. The number of thiazole rings is 1. The van der Waals surface area contributed by atoms with Gasteiger partial charge in [0.15, 0.2) is 0 Å². The van der Waals surface area contributed by atoms with Crippen molar-refractivity contribution >= 4 is 22.2 Å². The fourth-order valence-corrected chi connectivity index (χ4v) is 4.29. The van der Waals surface area contributed by atoms with Crippen molar-refractivity contribution < 1.29 is 0 Å². The number of hydrogen-bond acceptors (Lipinski definition) is 3. The molecule has 0 aliphatic rings. The van der Waals surface area contributed by atoms with Crippen LogP contribution in [0.3, 0.4) is 0 Å². The lowest BCUT2D eigenvalue weighted by atomic mass is 10.1. The number of para-hydroxylation sites is 1. The first-order chi connectivity index (χ1) is 12.7. The summed E-state index contributed by atoms with van der Waals surface area (Å²) < 4.78 is 2.16. The van der Waals surface area contributed by atoms with Crippen LogP contribution in [0.4, 0.5) is 0 Å². The molecule has 0 radical (unpaired) electrons. The molecule has 2 aromatic heterocycles. The molecule has 4 heteroatoms. The Labute approximate surface area is 157 Å². The molecule has 2 heterocycles. The molecule has 128 valence electrons. The van der Waals surface area contributed by atoms with Crippen molar-refractivity contribution in [3.63, 3.8) is 0 Å². The van der Waals surface area contributed by atoms with E-state index in [9.17, 15) is 0 Å². The molecule has 4 aromatic rings. The van der Waals surface area contributed by atoms with E-state index in [0.29, 0.717) is 13.0 Å². The van der Waals surface area contributed by atoms with Crippen LogP contribution in [0.25, 0.3) is 32.7 Å². The third-order valence-corrected chi connectivity index (χ3v) is 5.52. The molecule has 0 atom stereocenters. The van der Waals surface area contributed by atoms with Crippen LogP contribution in [0.1, 0.15) is 17.5 Å². The Morgan fingerprint density at radius 1 is 1.12 bits per heavy atom. The lowest BCUT2D eigenvalue weighted by Crippen LogP contribution is -1.94. The third kappa shape index (κ3) is 2.91. The average molecular weight is 357 g/mol. The summed E-state index contributed by atoms with van der Waals surface area (Å²) >= 11 is 1.68. The number of rotatable bonds is 4. The summed E-state index contributed by atoms with van der Waals surface area (Å²) in [5.74, 6) is 0. The zero-order chi connectivity index (χ0) is 18.1. The molecule has 4 rings (SSSR count). The Kier molecular flexibility index (Phi) is 4.32. The van der Waals surface area contributed by atoms with Gasteiger partial charge in [-0.25, -0.2) is 4.98 Å². The highest BCUT2D eigenvalue weighted by molar-refractivity contribution is 7.13. The van der Waals surface area contributed by atoms with Crippen molar-refractivity contribution in [2.45, 2.75) is 26.8 Å². The molecule has 0 aliphatic heterocycles. The Balaban J connectivity index is 1.79. The third-order valence-electron chi connectivity index (χ3n) is 4.65. The van der Waals surface area contributed by atoms with Crippen molar-refractivity contribution in [2.75, 3.05) is 0 Å². The Morgan fingerprint density at radius 2 is 1.96 bits per heavy atom. The zero-order valence-electron chi connectivity index (χ0n) is 14.9. The van der Waals surface area contributed by atoms with Crippen LogP contribution in [0, 0.1) is 25.2 Å². The minimum Gasteiger partial charge on any atom is -0.346 e. The van der Waals surface area contributed by atoms with Gasteiger partial charge < -0.3 is 4.57 Å². The van der Waals surface area contributed by atoms with Crippen LogP contribution in [0.15, 0.2) is 54.0 Å². The van der Waals surface area contributed by atoms with Crippen LogP contribution in [-0.2, 0) is 6.54 Å². The fourth-order valence-electron chi connectivity index (χ4n) is 3.38. The van der Waals surface area contributed by atoms with E-state index in [4.69, 9.17) is 10.2 Å². The van der Waals surface area contributed by atoms with Gasteiger partial charge >= 0.3 is 0 Å². The number of fused-ring (bicyclic) bond motifs is 1. The minimum absolute atomic E-state index is 0.503. The minimum atomic E-state index is 0.503. The maximum absolute atomic E-state index is 8.92. The molecule has 0 fully saturated rings. The van der Waals surface area contributed by atoms with Gasteiger partial charge in [-0.1, -0.05) is 42.0 Å². The van der Waals surface area contributed by atoms with Crippen molar-refractivity contribution in [1.29, 1.82) is 5.26 Å². The topological polar surface area (TPSA) is 41.6 Å². The first-order valence-corrected chi connectivity index (χ1v) is 9.53. The zero-order valence-corrected chi connectivity index (χ0v) is 15.7. The molecule has 0 saturated heterocycles. The quantitative estimate of drug-likeness (QED) is 0.452. The molecular weight excluding hydrogens is 338 g/mol. The van der Waals surface area contributed by atoms with E-state index in [1.54, 1.807) is 11.3 Å². The molecule has 3 nitrogen and oxygen atoms in total. The number of aromatic nitrogens is 2. The maximum Gasteiger partial charge on any atom is 0.124 e. The van der Waals surface area contributed by atoms with Crippen molar-refractivity contribution in [1.82, 2.24) is 9.55 Å². The summed E-state index contributed by atoms with van der Waals surface area (Å²) in [5.41, 5.74) is 6.99. The molecule has 0 N–H and O–H groups in total. The van der Waals surface area contributed by atoms with Crippen molar-refractivity contribution in [3.05, 3.63) is 65.2 Å². The Hall–Kier alpha value is -2.90. The summed E-state index contributed by atoms with van der Waals surface area (Å²) in [6, 6.07) is 17.0. The highest BCUT2D eigenvalue weighted by Gasteiger charge is 2.14. The molecule has 0 bridgehead atoms. The molecule has 0 unspecified atom stereocenters. The molecular formula is C22H19N3S. The standard InChI is InChI=1S/C22H19N3S/c1-15-8-9-17(16(2)12-15)22-24-20(14-26-22)19-13-25(11-5-10-23)21-7-4-3-6-18(19)21/h3-4,6-9,12-14H,5,11H2,1-2H3. The number of nitriles is 1. The van der Waals surface area contributed by atoms with Gasteiger partial charge in [-0.3, -0.25) is 0 Å². The van der Waals surface area contributed by atoms with E-state index in [2.05, 4.69) is 72.5 Å². The van der Waals surface area contributed by atoms with Crippen LogP contribution < -0.4 is 0 Å². The van der Waals surface area contributed by atoms with Gasteiger partial charge in [0.1, 0.15) is 5.01 Å². The predicted molar refractivity (Wildman–Crippen MR) is 108 cm³/mol. The average Bonchev–Trinajstić information content (AvgIpc) is 3.25. The highest BCUT2D eigenvalue weighted by atomic mass is 32.1. The smallest absolute Gasteiger partial charge is 0.124 e. The number of hydrogen-bond donors (Lipinski definition) is 0. The predicted octanol–water partition coefficient (Wildman–Crippen LogP) is 5.96. The van der Waals surface area contributed by atoms with Gasteiger partial charge in [-0.2, -0.15) is 5.26 Å². The van der Waals surface area contributed by atoms with Crippen LogP contribution >= 0.6 is 11.3 Å². The number of benzene rings is 2. The van der Waals surface area contributed by atoms with Crippen molar-refractivity contribution in [2.24, 2.45) is 0 Å². The van der Waals surface area contributed by atoms with Crippen molar-refractivity contribution in [3.8, 4) is 27.9 Å². The first kappa shape index (κ1) is 16.6. The highest BCUT2D eigenvalue weighted by Crippen LogP contribution is 2.35. The Morgan fingerprint density at radius 3 is 2.77 bits per heavy atom. The Bertz CT molecular complexity index is 1130. The van der Waals surface area contributed by atoms with E-state index < -0.39 is 0 Å². The number of aryl methyl sites for hydroxylation is 3. The van der Waals surface area contributed by atoms with Gasteiger partial charge in [-0.05, 0) is 25.5 Å². The van der Waals surface area contributed by atoms with E-state index in [-0.39, 0.29) is 0 Å². The first-order valence-electron chi connectivity index (χ1n) is 8.65. The lowest BCUT2D eigenvalue weighted by molar-refractivity contribution is 0.745. The van der Waals surface area contributed by atoms with E-state index >= 15 is 0 Å². The summed E-state index contributed by atoms with van der Waals surface area (Å²) in [6.07, 6.45) is 2.63. The van der Waals surface area contributed by atoms with Crippen LogP contribution in [-0.4, -0.2) is 9.55 Å². The van der Waals surface area contributed by atoms with Gasteiger partial charge in [0, 0.05) is 40.2 Å². The molecule has 2 aromatic carbocycles. The SMILES string of the molecule is Cc1ccc(-c2nc(-c3cn(CCC#N)c4ccccc34)cs2)c(C)c1. The number of nitrogens with zero attached hydrogens (tertiary/aromatic N) is 3. The summed E-state index contributed by atoms with van der Waals surface area (Å²) in [7, 11) is 0. The molecule has 0 saturated carbocycles. The summed E-state index contributed by atoms with van der Waals surface area (Å²) in [5, 5.41) is 13.3. The second-order valence-corrected chi connectivity index (χ2v) is 7.38. The second-order valence-electron chi connectivity index (χ2n) is 6.52.